The first-order valence-electron chi connectivity index (χ1n) is 10.2. The first-order valence-corrected chi connectivity index (χ1v) is 10.2. The number of fused-ring (bicyclic) bond motifs is 1. The van der Waals surface area contributed by atoms with Gasteiger partial charge >= 0.3 is 12.1 Å². The fraction of sp³-hybridized carbons (Fsp3) is 0.192. The van der Waals surface area contributed by atoms with E-state index in [0.717, 1.165) is 28.0 Å². The maximum Gasteiger partial charge on any atom is 0.392 e. The summed E-state index contributed by atoms with van der Waals surface area (Å²) in [6.07, 6.45) is -2.69. The van der Waals surface area contributed by atoms with Gasteiger partial charge in [-0.15, -0.1) is 0 Å². The van der Waals surface area contributed by atoms with Gasteiger partial charge in [0.2, 0.25) is 0 Å². The van der Waals surface area contributed by atoms with Crippen molar-refractivity contribution in [1.82, 2.24) is 0 Å². The van der Waals surface area contributed by atoms with Gasteiger partial charge in [-0.3, -0.25) is 0 Å². The van der Waals surface area contributed by atoms with Crippen molar-refractivity contribution in [2.75, 3.05) is 7.11 Å². The number of alkyl halides is 3. The van der Waals surface area contributed by atoms with Gasteiger partial charge in [0, 0.05) is 0 Å². The van der Waals surface area contributed by atoms with Crippen LogP contribution in [0.1, 0.15) is 34.3 Å². The normalized spacial score (nSPS) is 13.2. The molecule has 0 unspecified atom stereocenters. The highest BCUT2D eigenvalue weighted by Gasteiger charge is 2.29. The molecule has 6 heteroatoms. The molecule has 0 radical (unpaired) electrons. The van der Waals surface area contributed by atoms with E-state index in [-0.39, 0.29) is 0 Å². The number of carbonyl (C=O) groups is 1. The lowest BCUT2D eigenvalue weighted by molar-refractivity contribution is -0.127. The van der Waals surface area contributed by atoms with E-state index >= 15 is 0 Å². The van der Waals surface area contributed by atoms with Gasteiger partial charge in [-0.05, 0) is 71.5 Å². The molecule has 3 aromatic carbocycles. The first kappa shape index (κ1) is 21.7. The molecule has 3 nitrogen and oxygen atoms in total. The Morgan fingerprint density at radius 2 is 1.50 bits per heavy atom. The lowest BCUT2D eigenvalue weighted by atomic mass is 9.90. The van der Waals surface area contributed by atoms with Crippen molar-refractivity contribution in [3.8, 4) is 22.6 Å². The van der Waals surface area contributed by atoms with E-state index in [2.05, 4.69) is 0 Å². The second-order valence-corrected chi connectivity index (χ2v) is 7.65. The van der Waals surface area contributed by atoms with Crippen LogP contribution in [0.5, 0.6) is 11.5 Å². The van der Waals surface area contributed by atoms with Crippen LogP contribution in [0.4, 0.5) is 13.2 Å². The van der Waals surface area contributed by atoms with Crippen LogP contribution in [0.15, 0.2) is 72.3 Å². The monoisotopic (exact) mass is 438 g/mol. The van der Waals surface area contributed by atoms with Crippen molar-refractivity contribution in [2.45, 2.75) is 25.4 Å². The SMILES string of the molecule is COc1ccc(-c2ccc(C(=O)Oc3ccc4c(c3)CCC(CC(F)(F)F)=C4)cc2)cc1. The highest BCUT2D eigenvalue weighted by molar-refractivity contribution is 5.91. The molecule has 0 spiro atoms. The molecule has 1 aliphatic rings. The Bertz CT molecular complexity index is 1140. The third kappa shape index (κ3) is 5.19. The van der Waals surface area contributed by atoms with Gasteiger partial charge in [-0.25, -0.2) is 4.79 Å². The number of halogens is 3. The third-order valence-corrected chi connectivity index (χ3v) is 5.37. The second kappa shape index (κ2) is 8.91. The molecule has 0 heterocycles. The van der Waals surface area contributed by atoms with E-state index in [9.17, 15) is 18.0 Å². The van der Waals surface area contributed by atoms with Crippen LogP contribution in [0.25, 0.3) is 17.2 Å². The van der Waals surface area contributed by atoms with Crippen molar-refractivity contribution in [3.63, 3.8) is 0 Å². The Kier molecular flexibility index (Phi) is 6.04. The van der Waals surface area contributed by atoms with Gasteiger partial charge in [-0.2, -0.15) is 13.2 Å². The fourth-order valence-corrected chi connectivity index (χ4v) is 3.74. The van der Waals surface area contributed by atoms with Crippen molar-refractivity contribution in [2.24, 2.45) is 0 Å². The topological polar surface area (TPSA) is 35.5 Å². The van der Waals surface area contributed by atoms with Crippen LogP contribution in [0.2, 0.25) is 0 Å². The molecule has 4 rings (SSSR count). The molecule has 0 aliphatic heterocycles. The molecule has 0 atom stereocenters. The maximum absolute atomic E-state index is 12.6. The molecule has 0 saturated heterocycles. The quantitative estimate of drug-likeness (QED) is 0.322. The summed E-state index contributed by atoms with van der Waals surface area (Å²) in [5, 5.41) is 0. The second-order valence-electron chi connectivity index (χ2n) is 7.65. The van der Waals surface area contributed by atoms with Crippen molar-refractivity contribution in [1.29, 1.82) is 0 Å². The molecular weight excluding hydrogens is 417 g/mol. The molecule has 32 heavy (non-hydrogen) atoms. The number of ether oxygens (including phenoxy) is 2. The van der Waals surface area contributed by atoms with Gasteiger partial charge in [0.05, 0.1) is 19.1 Å². The van der Waals surface area contributed by atoms with Crippen molar-refractivity contribution in [3.05, 3.63) is 89.0 Å². The molecular formula is C26H21F3O3. The van der Waals surface area contributed by atoms with Crippen LogP contribution in [0, 0.1) is 0 Å². The van der Waals surface area contributed by atoms with E-state index in [0.29, 0.717) is 29.7 Å². The summed E-state index contributed by atoms with van der Waals surface area (Å²) in [6, 6.07) is 19.7. The summed E-state index contributed by atoms with van der Waals surface area (Å²) in [6.45, 7) is 0. The maximum atomic E-state index is 12.6. The first-order chi connectivity index (χ1) is 15.3. The Labute approximate surface area is 184 Å². The average Bonchev–Trinajstić information content (AvgIpc) is 2.78. The lowest BCUT2D eigenvalue weighted by Gasteiger charge is -2.18. The molecule has 0 fully saturated rings. The highest BCUT2D eigenvalue weighted by Crippen LogP contribution is 2.33. The molecule has 0 bridgehead atoms. The molecule has 1 aliphatic carbocycles. The summed E-state index contributed by atoms with van der Waals surface area (Å²) in [5.74, 6) is 0.655. The number of carbonyl (C=O) groups excluding carboxylic acids is 1. The van der Waals surface area contributed by atoms with E-state index < -0.39 is 18.6 Å². The predicted octanol–water partition coefficient (Wildman–Crippen LogP) is 6.86. The van der Waals surface area contributed by atoms with Crippen LogP contribution in [0.3, 0.4) is 0 Å². The van der Waals surface area contributed by atoms with Gasteiger partial charge in [-0.1, -0.05) is 42.0 Å². The van der Waals surface area contributed by atoms with Gasteiger partial charge in [0.25, 0.3) is 0 Å². The number of allylic oxidation sites excluding steroid dienone is 1. The minimum atomic E-state index is -4.21. The number of rotatable bonds is 5. The number of hydrogen-bond acceptors (Lipinski definition) is 3. The summed E-state index contributed by atoms with van der Waals surface area (Å²) in [7, 11) is 1.61. The third-order valence-electron chi connectivity index (χ3n) is 5.37. The number of benzene rings is 3. The summed E-state index contributed by atoms with van der Waals surface area (Å²) >= 11 is 0. The van der Waals surface area contributed by atoms with E-state index in [1.165, 1.54) is 0 Å². The average molecular weight is 438 g/mol. The molecule has 0 aromatic heterocycles. The lowest BCUT2D eigenvalue weighted by Crippen LogP contribution is -2.12. The molecule has 0 saturated carbocycles. The fourth-order valence-electron chi connectivity index (χ4n) is 3.74. The Balaban J connectivity index is 1.44. The predicted molar refractivity (Wildman–Crippen MR) is 117 cm³/mol. The minimum absolute atomic E-state index is 0.344. The number of aryl methyl sites for hydroxylation is 1. The standard InChI is InChI=1S/C26H21F3O3/c1-31-23-11-8-19(9-12-23)18-4-6-20(7-5-18)25(30)32-24-13-10-21-14-17(16-26(27,28)29)2-3-22(21)15-24/h4-15H,2-3,16H2,1H3. The summed E-state index contributed by atoms with van der Waals surface area (Å²) in [5.41, 5.74) is 4.34. The van der Waals surface area contributed by atoms with Crippen LogP contribution in [-0.2, 0) is 6.42 Å². The zero-order valence-corrected chi connectivity index (χ0v) is 17.4. The minimum Gasteiger partial charge on any atom is -0.497 e. The Morgan fingerprint density at radius 1 is 0.875 bits per heavy atom. The number of hydrogen-bond donors (Lipinski definition) is 0. The molecule has 3 aromatic rings. The smallest absolute Gasteiger partial charge is 0.392 e. The molecule has 164 valence electrons. The highest BCUT2D eigenvalue weighted by atomic mass is 19.4. The Morgan fingerprint density at radius 3 is 2.12 bits per heavy atom. The largest absolute Gasteiger partial charge is 0.497 e. The van der Waals surface area contributed by atoms with E-state index in [1.807, 2.05) is 36.4 Å². The summed E-state index contributed by atoms with van der Waals surface area (Å²) in [4.78, 5) is 12.5. The van der Waals surface area contributed by atoms with E-state index in [4.69, 9.17) is 9.47 Å². The van der Waals surface area contributed by atoms with E-state index in [1.54, 1.807) is 43.5 Å². The molecule has 0 N–H and O–H groups in total. The zero-order chi connectivity index (χ0) is 22.7. The number of esters is 1. The number of methoxy groups -OCH3 is 1. The van der Waals surface area contributed by atoms with Gasteiger partial charge < -0.3 is 9.47 Å². The molecule has 0 amide bonds. The van der Waals surface area contributed by atoms with Crippen LogP contribution >= 0.6 is 0 Å². The van der Waals surface area contributed by atoms with Gasteiger partial charge in [0.1, 0.15) is 11.5 Å². The van der Waals surface area contributed by atoms with Crippen molar-refractivity contribution < 1.29 is 27.4 Å². The van der Waals surface area contributed by atoms with Crippen molar-refractivity contribution >= 4 is 12.0 Å². The summed E-state index contributed by atoms with van der Waals surface area (Å²) < 4.78 is 48.6. The van der Waals surface area contributed by atoms with Crippen LogP contribution < -0.4 is 9.47 Å². The zero-order valence-electron chi connectivity index (χ0n) is 17.4. The Hall–Kier alpha value is -3.54. The van der Waals surface area contributed by atoms with Gasteiger partial charge in [0.15, 0.2) is 0 Å². The van der Waals surface area contributed by atoms with Crippen LogP contribution in [-0.4, -0.2) is 19.3 Å².